The molecule has 1 aromatic carbocycles. The molecule has 0 spiro atoms. The molecule has 0 aliphatic carbocycles. The zero-order valence-electron chi connectivity index (χ0n) is 12.8. The summed E-state index contributed by atoms with van der Waals surface area (Å²) in [6.45, 7) is 0. The van der Waals surface area contributed by atoms with Gasteiger partial charge in [0.25, 0.3) is 0 Å². The van der Waals surface area contributed by atoms with Gasteiger partial charge in [-0.25, -0.2) is 0 Å². The van der Waals surface area contributed by atoms with Crippen molar-refractivity contribution in [2.75, 3.05) is 11.9 Å². The van der Waals surface area contributed by atoms with Crippen molar-refractivity contribution in [1.82, 2.24) is 0 Å². The summed E-state index contributed by atoms with van der Waals surface area (Å²) < 4.78 is 143. The standard InChI is InChI=1S/C13H8F11NO2/c1-25(7-5-3-2-4-6-7)8(26)9(14,11(17,18)19)27-13(23,24)10(15,16)12(20,21)22/h2-6H,1H3. The Morgan fingerprint density at radius 1 is 0.815 bits per heavy atom. The van der Waals surface area contributed by atoms with Crippen LogP contribution in [-0.2, 0) is 9.53 Å². The number of para-hydroxylation sites is 1. The van der Waals surface area contributed by atoms with E-state index in [-0.39, 0.29) is 4.90 Å². The number of ether oxygens (including phenoxy) is 1. The average Bonchev–Trinajstić information content (AvgIpc) is 2.51. The minimum atomic E-state index is -7.23. The number of carbonyl (C=O) groups is 1. The van der Waals surface area contributed by atoms with E-state index in [1.54, 1.807) is 0 Å². The van der Waals surface area contributed by atoms with Crippen LogP contribution in [0.1, 0.15) is 0 Å². The second-order valence-electron chi connectivity index (χ2n) is 4.98. The molecule has 0 aliphatic rings. The van der Waals surface area contributed by atoms with E-state index < -0.39 is 41.8 Å². The summed E-state index contributed by atoms with van der Waals surface area (Å²) in [5, 5.41) is 0. The van der Waals surface area contributed by atoms with E-state index in [0.29, 0.717) is 7.05 Å². The van der Waals surface area contributed by atoms with Crippen LogP contribution in [0.2, 0.25) is 0 Å². The first-order chi connectivity index (χ1) is 11.9. The fourth-order valence-electron chi connectivity index (χ4n) is 1.61. The minimum Gasteiger partial charge on any atom is -0.310 e. The molecule has 0 heterocycles. The molecule has 154 valence electrons. The quantitative estimate of drug-likeness (QED) is 0.649. The molecule has 1 rings (SSSR count). The summed E-state index contributed by atoms with van der Waals surface area (Å²) in [6.07, 6.45) is -20.9. The lowest BCUT2D eigenvalue weighted by Gasteiger charge is -2.35. The lowest BCUT2D eigenvalue weighted by atomic mass is 10.2. The molecular formula is C13H8F11NO2. The number of carbonyl (C=O) groups excluding carboxylic acids is 1. The van der Waals surface area contributed by atoms with E-state index in [0.717, 1.165) is 24.3 Å². The van der Waals surface area contributed by atoms with E-state index in [1.807, 2.05) is 0 Å². The zero-order chi connectivity index (χ0) is 21.5. The van der Waals surface area contributed by atoms with Gasteiger partial charge in [0.05, 0.1) is 0 Å². The van der Waals surface area contributed by atoms with Crippen LogP contribution in [0.5, 0.6) is 0 Å². The molecule has 1 atom stereocenters. The predicted molar refractivity (Wildman–Crippen MR) is 66.8 cm³/mol. The van der Waals surface area contributed by atoms with Gasteiger partial charge in [0, 0.05) is 12.7 Å². The molecule has 0 radical (unpaired) electrons. The first-order valence-electron chi connectivity index (χ1n) is 6.50. The summed E-state index contributed by atoms with van der Waals surface area (Å²) in [5.41, 5.74) is -0.525. The van der Waals surface area contributed by atoms with Gasteiger partial charge in [0.1, 0.15) is 0 Å². The Morgan fingerprint density at radius 2 is 1.26 bits per heavy atom. The third-order valence-corrected chi connectivity index (χ3v) is 3.08. The number of halogens is 11. The van der Waals surface area contributed by atoms with E-state index in [9.17, 15) is 53.1 Å². The van der Waals surface area contributed by atoms with Crippen LogP contribution in [0, 0.1) is 0 Å². The molecule has 0 fully saturated rings. The molecule has 27 heavy (non-hydrogen) atoms. The van der Waals surface area contributed by atoms with Crippen LogP contribution in [0.3, 0.4) is 0 Å². The smallest absolute Gasteiger partial charge is 0.310 e. The van der Waals surface area contributed by atoms with E-state index in [4.69, 9.17) is 0 Å². The van der Waals surface area contributed by atoms with Crippen molar-refractivity contribution in [3.8, 4) is 0 Å². The minimum absolute atomic E-state index is 0.241. The van der Waals surface area contributed by atoms with Crippen molar-refractivity contribution in [2.45, 2.75) is 30.2 Å². The van der Waals surface area contributed by atoms with Gasteiger partial charge in [-0.3, -0.25) is 9.53 Å². The highest BCUT2D eigenvalue weighted by molar-refractivity contribution is 5.98. The van der Waals surface area contributed by atoms with Gasteiger partial charge in [-0.05, 0) is 12.1 Å². The van der Waals surface area contributed by atoms with E-state index >= 15 is 0 Å². The molecule has 0 N–H and O–H groups in total. The molecule has 1 aromatic rings. The molecule has 3 nitrogen and oxygen atoms in total. The number of amides is 1. The number of rotatable bonds is 5. The lowest BCUT2D eigenvalue weighted by Crippen LogP contribution is -2.63. The van der Waals surface area contributed by atoms with Gasteiger partial charge >= 0.3 is 36.1 Å². The Kier molecular flexibility index (Phi) is 5.77. The molecule has 0 aromatic heterocycles. The van der Waals surface area contributed by atoms with Gasteiger partial charge in [-0.15, -0.1) is 0 Å². The Morgan fingerprint density at radius 3 is 1.63 bits per heavy atom. The topological polar surface area (TPSA) is 29.5 Å². The molecule has 0 aliphatic heterocycles. The van der Waals surface area contributed by atoms with E-state index in [1.165, 1.54) is 6.07 Å². The normalized spacial score (nSPS) is 16.0. The molecule has 0 bridgehead atoms. The number of nitrogens with zero attached hydrogens (tertiary/aromatic N) is 1. The fraction of sp³-hybridized carbons (Fsp3) is 0.462. The van der Waals surface area contributed by atoms with Crippen molar-refractivity contribution in [3.05, 3.63) is 30.3 Å². The van der Waals surface area contributed by atoms with Gasteiger partial charge in [0.2, 0.25) is 0 Å². The van der Waals surface area contributed by atoms with Gasteiger partial charge in [-0.2, -0.15) is 48.3 Å². The number of hydrogen-bond acceptors (Lipinski definition) is 2. The fourth-order valence-corrected chi connectivity index (χ4v) is 1.61. The summed E-state index contributed by atoms with van der Waals surface area (Å²) in [4.78, 5) is 11.5. The van der Waals surface area contributed by atoms with Crippen molar-refractivity contribution < 1.29 is 57.8 Å². The molecule has 1 amide bonds. The van der Waals surface area contributed by atoms with Crippen LogP contribution >= 0.6 is 0 Å². The van der Waals surface area contributed by atoms with Crippen LogP contribution in [0.25, 0.3) is 0 Å². The summed E-state index contributed by atoms with van der Waals surface area (Å²) in [7, 11) is 0.432. The number of anilines is 1. The average molecular weight is 419 g/mol. The third kappa shape index (κ3) is 4.09. The Balaban J connectivity index is 3.39. The van der Waals surface area contributed by atoms with Crippen molar-refractivity contribution >= 4 is 11.6 Å². The molecule has 14 heteroatoms. The van der Waals surface area contributed by atoms with E-state index in [2.05, 4.69) is 4.74 Å². The lowest BCUT2D eigenvalue weighted by molar-refractivity contribution is -0.472. The second-order valence-corrected chi connectivity index (χ2v) is 4.98. The van der Waals surface area contributed by atoms with Crippen molar-refractivity contribution in [2.24, 2.45) is 0 Å². The van der Waals surface area contributed by atoms with Gasteiger partial charge < -0.3 is 4.90 Å². The molecular weight excluding hydrogens is 411 g/mol. The first kappa shape index (κ1) is 22.9. The van der Waals surface area contributed by atoms with Gasteiger partial charge in [-0.1, -0.05) is 18.2 Å². The largest absolute Gasteiger partial charge is 0.462 e. The second kappa shape index (κ2) is 6.80. The highest BCUT2D eigenvalue weighted by atomic mass is 19.4. The van der Waals surface area contributed by atoms with Crippen molar-refractivity contribution in [1.29, 1.82) is 0 Å². The molecule has 0 saturated carbocycles. The Labute approximate surface area is 143 Å². The molecule has 0 saturated heterocycles. The monoisotopic (exact) mass is 419 g/mol. The first-order valence-corrected chi connectivity index (χ1v) is 6.50. The summed E-state index contributed by atoms with van der Waals surface area (Å²) in [5.74, 6) is -16.4. The third-order valence-electron chi connectivity index (χ3n) is 3.08. The zero-order valence-corrected chi connectivity index (χ0v) is 12.8. The SMILES string of the molecule is CN(C(=O)C(F)(OC(F)(F)C(F)(F)C(F)(F)F)C(F)(F)F)c1ccccc1. The predicted octanol–water partition coefficient (Wildman–Crippen LogP) is 4.68. The maximum atomic E-state index is 14.1. The highest BCUT2D eigenvalue weighted by Crippen LogP contribution is 2.51. The number of likely N-dealkylation sites (N-methyl/N-ethyl adjacent to an activating group) is 1. The Bertz CT molecular complexity index is 671. The van der Waals surface area contributed by atoms with Gasteiger partial charge in [0.15, 0.2) is 0 Å². The summed E-state index contributed by atoms with van der Waals surface area (Å²) in [6, 6.07) is 5.34. The Hall–Kier alpha value is -2.12. The maximum Gasteiger partial charge on any atom is 0.462 e. The van der Waals surface area contributed by atoms with Crippen molar-refractivity contribution in [3.63, 3.8) is 0 Å². The number of benzene rings is 1. The van der Waals surface area contributed by atoms with Crippen LogP contribution in [0.4, 0.5) is 54.0 Å². The van der Waals surface area contributed by atoms with Crippen LogP contribution in [-0.4, -0.2) is 43.2 Å². The molecule has 1 unspecified atom stereocenters. The maximum absolute atomic E-state index is 14.1. The number of hydrogen-bond donors (Lipinski definition) is 0. The number of alkyl halides is 11. The summed E-state index contributed by atoms with van der Waals surface area (Å²) >= 11 is 0. The highest BCUT2D eigenvalue weighted by Gasteiger charge is 2.79. The van der Waals surface area contributed by atoms with Crippen LogP contribution in [0.15, 0.2) is 30.3 Å². The van der Waals surface area contributed by atoms with Crippen LogP contribution < -0.4 is 4.90 Å².